The molecule has 0 aliphatic carbocycles. The van der Waals surface area contributed by atoms with Crippen molar-refractivity contribution in [2.24, 2.45) is 0 Å². The number of anilines is 1. The van der Waals surface area contributed by atoms with Crippen molar-refractivity contribution < 1.29 is 5.11 Å². The summed E-state index contributed by atoms with van der Waals surface area (Å²) < 4.78 is 1.83. The van der Waals surface area contributed by atoms with Crippen molar-refractivity contribution in [3.63, 3.8) is 0 Å². The highest BCUT2D eigenvalue weighted by atomic mass is 16.3. The predicted molar refractivity (Wildman–Crippen MR) is 53.7 cm³/mol. The third kappa shape index (κ3) is 2.24. The smallest absolute Gasteiger partial charge is 0.0719 e. The second kappa shape index (κ2) is 3.98. The molecular formula is C9H16N4O. The van der Waals surface area contributed by atoms with Crippen molar-refractivity contribution in [1.82, 2.24) is 14.7 Å². The SMILES string of the molecule is Nc1cnn(CCN2CC[C@H](O)C2)c1. The molecule has 0 spiro atoms. The lowest BCUT2D eigenvalue weighted by Crippen LogP contribution is -2.26. The number of hydrogen-bond acceptors (Lipinski definition) is 4. The summed E-state index contributed by atoms with van der Waals surface area (Å²) in [7, 11) is 0. The van der Waals surface area contributed by atoms with Crippen LogP contribution in [-0.2, 0) is 6.54 Å². The molecule has 14 heavy (non-hydrogen) atoms. The van der Waals surface area contributed by atoms with Gasteiger partial charge < -0.3 is 10.8 Å². The maximum Gasteiger partial charge on any atom is 0.0719 e. The fraction of sp³-hybridized carbons (Fsp3) is 0.667. The lowest BCUT2D eigenvalue weighted by molar-refractivity contribution is 0.174. The number of likely N-dealkylation sites (tertiary alicyclic amines) is 1. The Bertz CT molecular complexity index is 299. The van der Waals surface area contributed by atoms with Gasteiger partial charge in [-0.05, 0) is 6.42 Å². The molecule has 0 aromatic carbocycles. The molecule has 1 aliphatic heterocycles. The Labute approximate surface area is 83.1 Å². The topological polar surface area (TPSA) is 67.3 Å². The fourth-order valence-corrected chi connectivity index (χ4v) is 1.76. The zero-order chi connectivity index (χ0) is 9.97. The van der Waals surface area contributed by atoms with Crippen LogP contribution in [0.15, 0.2) is 12.4 Å². The van der Waals surface area contributed by atoms with Gasteiger partial charge in [-0.1, -0.05) is 0 Å². The molecule has 1 aromatic heterocycles. The van der Waals surface area contributed by atoms with Crippen molar-refractivity contribution in [2.75, 3.05) is 25.4 Å². The van der Waals surface area contributed by atoms with E-state index in [1.807, 2.05) is 10.9 Å². The van der Waals surface area contributed by atoms with Gasteiger partial charge in [0.2, 0.25) is 0 Å². The molecule has 0 bridgehead atoms. The minimum atomic E-state index is -0.141. The van der Waals surface area contributed by atoms with E-state index in [0.717, 1.165) is 32.6 Å². The van der Waals surface area contributed by atoms with Crippen LogP contribution in [0.25, 0.3) is 0 Å². The van der Waals surface area contributed by atoms with Crippen LogP contribution in [0.4, 0.5) is 5.69 Å². The number of nitrogens with two attached hydrogens (primary N) is 1. The van der Waals surface area contributed by atoms with Gasteiger partial charge in [0, 0.05) is 25.8 Å². The van der Waals surface area contributed by atoms with Crippen molar-refractivity contribution in [2.45, 2.75) is 19.1 Å². The van der Waals surface area contributed by atoms with Crippen LogP contribution in [0.1, 0.15) is 6.42 Å². The largest absolute Gasteiger partial charge is 0.396 e. The lowest BCUT2D eigenvalue weighted by atomic mass is 10.3. The Morgan fingerprint density at radius 3 is 3.00 bits per heavy atom. The number of nitrogen functional groups attached to an aromatic ring is 1. The fourth-order valence-electron chi connectivity index (χ4n) is 1.76. The minimum absolute atomic E-state index is 0.141. The molecule has 5 heteroatoms. The maximum atomic E-state index is 9.32. The summed E-state index contributed by atoms with van der Waals surface area (Å²) in [5.74, 6) is 0. The quantitative estimate of drug-likeness (QED) is 0.686. The molecule has 1 aromatic rings. The van der Waals surface area contributed by atoms with Crippen LogP contribution in [0.5, 0.6) is 0 Å². The van der Waals surface area contributed by atoms with Gasteiger partial charge in [-0.2, -0.15) is 5.10 Å². The van der Waals surface area contributed by atoms with E-state index in [0.29, 0.717) is 5.69 Å². The average Bonchev–Trinajstić information content (AvgIpc) is 2.72. The number of aliphatic hydroxyl groups excluding tert-OH is 1. The third-order valence-electron chi connectivity index (χ3n) is 2.55. The van der Waals surface area contributed by atoms with E-state index in [-0.39, 0.29) is 6.10 Å². The van der Waals surface area contributed by atoms with Crippen LogP contribution in [0.2, 0.25) is 0 Å². The molecule has 1 saturated heterocycles. The molecule has 2 rings (SSSR count). The number of β-amino-alcohol motifs (C(OH)–C–C–N with tert-alkyl or cyclic N) is 1. The second-order valence-electron chi connectivity index (χ2n) is 3.78. The minimum Gasteiger partial charge on any atom is -0.396 e. The summed E-state index contributed by atoms with van der Waals surface area (Å²) in [6, 6.07) is 0. The van der Waals surface area contributed by atoms with Crippen molar-refractivity contribution in [3.8, 4) is 0 Å². The van der Waals surface area contributed by atoms with Gasteiger partial charge in [-0.3, -0.25) is 9.58 Å². The first-order chi connectivity index (χ1) is 6.74. The maximum absolute atomic E-state index is 9.32. The molecule has 0 unspecified atom stereocenters. The summed E-state index contributed by atoms with van der Waals surface area (Å²) in [6.45, 7) is 3.54. The molecule has 0 amide bonds. The first-order valence-electron chi connectivity index (χ1n) is 4.92. The highest BCUT2D eigenvalue weighted by Gasteiger charge is 2.19. The van der Waals surface area contributed by atoms with E-state index >= 15 is 0 Å². The number of rotatable bonds is 3. The summed E-state index contributed by atoms with van der Waals surface area (Å²) in [6.07, 6.45) is 4.23. The first-order valence-corrected chi connectivity index (χ1v) is 4.92. The van der Waals surface area contributed by atoms with E-state index in [4.69, 9.17) is 5.73 Å². The summed E-state index contributed by atoms with van der Waals surface area (Å²) >= 11 is 0. The van der Waals surface area contributed by atoms with Crippen LogP contribution in [0.3, 0.4) is 0 Å². The zero-order valence-corrected chi connectivity index (χ0v) is 8.13. The first kappa shape index (κ1) is 9.48. The second-order valence-corrected chi connectivity index (χ2v) is 3.78. The number of aliphatic hydroxyl groups is 1. The Morgan fingerprint density at radius 1 is 1.57 bits per heavy atom. The molecule has 0 saturated carbocycles. The molecule has 1 aliphatic rings. The van der Waals surface area contributed by atoms with Crippen LogP contribution in [0, 0.1) is 0 Å². The Kier molecular flexibility index (Phi) is 2.69. The van der Waals surface area contributed by atoms with E-state index in [1.54, 1.807) is 6.20 Å². The molecule has 3 N–H and O–H groups in total. The van der Waals surface area contributed by atoms with E-state index in [9.17, 15) is 5.11 Å². The zero-order valence-electron chi connectivity index (χ0n) is 8.13. The van der Waals surface area contributed by atoms with E-state index < -0.39 is 0 Å². The van der Waals surface area contributed by atoms with Gasteiger partial charge in [0.05, 0.1) is 24.5 Å². The highest BCUT2D eigenvalue weighted by Crippen LogP contribution is 2.08. The highest BCUT2D eigenvalue weighted by molar-refractivity contribution is 5.30. The Morgan fingerprint density at radius 2 is 2.43 bits per heavy atom. The Hall–Kier alpha value is -1.07. The van der Waals surface area contributed by atoms with Gasteiger partial charge in [-0.15, -0.1) is 0 Å². The Balaban J connectivity index is 1.77. The molecule has 5 nitrogen and oxygen atoms in total. The van der Waals surface area contributed by atoms with Crippen molar-refractivity contribution in [3.05, 3.63) is 12.4 Å². The molecule has 1 atom stereocenters. The van der Waals surface area contributed by atoms with Crippen LogP contribution < -0.4 is 5.73 Å². The molecular weight excluding hydrogens is 180 g/mol. The van der Waals surface area contributed by atoms with Crippen molar-refractivity contribution >= 4 is 5.69 Å². The summed E-state index contributed by atoms with van der Waals surface area (Å²) in [5.41, 5.74) is 6.25. The van der Waals surface area contributed by atoms with E-state index in [1.165, 1.54) is 0 Å². The lowest BCUT2D eigenvalue weighted by Gasteiger charge is -2.14. The van der Waals surface area contributed by atoms with Gasteiger partial charge in [0.15, 0.2) is 0 Å². The monoisotopic (exact) mass is 196 g/mol. The predicted octanol–water partition coefficient (Wildman–Crippen LogP) is -0.468. The van der Waals surface area contributed by atoms with Gasteiger partial charge in [0.25, 0.3) is 0 Å². The summed E-state index contributed by atoms with van der Waals surface area (Å²) in [4.78, 5) is 2.24. The normalized spacial score (nSPS) is 23.1. The number of aromatic nitrogens is 2. The molecule has 78 valence electrons. The standard InChI is InChI=1S/C9H16N4O/c10-8-5-11-13(6-8)4-3-12-2-1-9(14)7-12/h5-6,9,14H,1-4,7,10H2/t9-/m0/s1. The number of nitrogens with zero attached hydrogens (tertiary/aromatic N) is 3. The average molecular weight is 196 g/mol. The van der Waals surface area contributed by atoms with Crippen molar-refractivity contribution in [1.29, 1.82) is 0 Å². The molecule has 2 heterocycles. The van der Waals surface area contributed by atoms with Gasteiger partial charge in [0.1, 0.15) is 0 Å². The van der Waals surface area contributed by atoms with Gasteiger partial charge in [-0.25, -0.2) is 0 Å². The van der Waals surface area contributed by atoms with E-state index in [2.05, 4.69) is 10.00 Å². The van der Waals surface area contributed by atoms with Crippen LogP contribution >= 0.6 is 0 Å². The summed E-state index contributed by atoms with van der Waals surface area (Å²) in [5, 5.41) is 13.4. The van der Waals surface area contributed by atoms with Crippen LogP contribution in [-0.4, -0.2) is 45.5 Å². The number of hydrogen-bond donors (Lipinski definition) is 2. The third-order valence-corrected chi connectivity index (χ3v) is 2.55. The van der Waals surface area contributed by atoms with Gasteiger partial charge >= 0.3 is 0 Å². The molecule has 0 radical (unpaired) electrons. The molecule has 1 fully saturated rings.